The van der Waals surface area contributed by atoms with Gasteiger partial charge in [-0.25, -0.2) is 23.5 Å². The molecule has 36 heavy (non-hydrogen) atoms. The smallest absolute Gasteiger partial charge is 0.410 e. The van der Waals surface area contributed by atoms with E-state index in [4.69, 9.17) is 9.84 Å². The summed E-state index contributed by atoms with van der Waals surface area (Å²) in [5.74, 6) is -0.794. The van der Waals surface area contributed by atoms with E-state index in [9.17, 15) is 13.6 Å². The molecule has 0 unspecified atom stereocenters. The van der Waals surface area contributed by atoms with E-state index in [0.29, 0.717) is 35.5 Å². The number of carbonyl (C=O) groups is 1. The summed E-state index contributed by atoms with van der Waals surface area (Å²) in [5.41, 5.74) is 0.701. The molecular formula is C26H33F2N5O3. The molecule has 1 amide bonds. The Balaban J connectivity index is 0.00000176. The standard InChI is InChI=1S/C25H29F2N5O2.CH4O/c1-25(2,3)34-24(33)32-11-9-17(10-12-32)30-23-29-14-16-13-15(5-7-19(16)31-23)21-18(26)6-8-20(28-4)22(21)27;1-2/h5-8,13-14,17,28H,9-12H2,1-4H3,(H,29,30,31);2H,1H3. The first-order chi connectivity index (χ1) is 17.1. The molecule has 0 spiro atoms. The summed E-state index contributed by atoms with van der Waals surface area (Å²) in [5, 5.41) is 13.7. The summed E-state index contributed by atoms with van der Waals surface area (Å²) < 4.78 is 34.6. The van der Waals surface area contributed by atoms with E-state index in [0.717, 1.165) is 20.0 Å². The van der Waals surface area contributed by atoms with Crippen LogP contribution in [0.3, 0.4) is 0 Å². The molecular weight excluding hydrogens is 468 g/mol. The van der Waals surface area contributed by atoms with E-state index < -0.39 is 17.2 Å². The van der Waals surface area contributed by atoms with Crippen LogP contribution >= 0.6 is 0 Å². The second kappa shape index (κ2) is 11.5. The first-order valence-corrected chi connectivity index (χ1v) is 11.8. The fraction of sp³-hybridized carbons (Fsp3) is 0.423. The lowest BCUT2D eigenvalue weighted by Gasteiger charge is -2.33. The largest absolute Gasteiger partial charge is 0.444 e. The minimum atomic E-state index is -0.640. The van der Waals surface area contributed by atoms with Gasteiger partial charge in [0.25, 0.3) is 0 Å². The van der Waals surface area contributed by atoms with Crippen molar-refractivity contribution in [2.75, 3.05) is 37.9 Å². The van der Waals surface area contributed by atoms with Gasteiger partial charge < -0.3 is 25.4 Å². The van der Waals surface area contributed by atoms with Gasteiger partial charge in [-0.05, 0) is 63.4 Å². The molecule has 0 aliphatic carbocycles. The van der Waals surface area contributed by atoms with E-state index in [2.05, 4.69) is 20.6 Å². The normalized spacial score (nSPS) is 14.2. The molecule has 3 aromatic rings. The third-order valence-electron chi connectivity index (χ3n) is 5.71. The Morgan fingerprint density at radius 2 is 1.83 bits per heavy atom. The monoisotopic (exact) mass is 501 g/mol. The van der Waals surface area contributed by atoms with E-state index in [1.54, 1.807) is 36.3 Å². The predicted octanol–water partition coefficient (Wildman–Crippen LogP) is 5.04. The molecule has 0 atom stereocenters. The molecule has 0 radical (unpaired) electrons. The van der Waals surface area contributed by atoms with Crippen LogP contribution in [0.4, 0.5) is 25.2 Å². The Hall–Kier alpha value is -3.53. The predicted molar refractivity (Wildman–Crippen MR) is 137 cm³/mol. The topological polar surface area (TPSA) is 99.6 Å². The zero-order valence-corrected chi connectivity index (χ0v) is 21.2. The lowest BCUT2D eigenvalue weighted by Crippen LogP contribution is -2.44. The van der Waals surface area contributed by atoms with E-state index >= 15 is 0 Å². The number of aliphatic hydroxyl groups is 1. The van der Waals surface area contributed by atoms with Crippen LogP contribution < -0.4 is 10.6 Å². The maximum atomic E-state index is 14.7. The van der Waals surface area contributed by atoms with Crippen molar-refractivity contribution >= 4 is 28.6 Å². The Morgan fingerprint density at radius 1 is 1.14 bits per heavy atom. The van der Waals surface area contributed by atoms with Crippen LogP contribution in [0.2, 0.25) is 0 Å². The molecule has 3 N–H and O–H groups in total. The summed E-state index contributed by atoms with van der Waals surface area (Å²) in [6, 6.07) is 7.80. The average Bonchev–Trinajstić information content (AvgIpc) is 2.85. The number of rotatable bonds is 4. The number of amides is 1. The van der Waals surface area contributed by atoms with Crippen molar-refractivity contribution in [3.05, 3.63) is 48.2 Å². The Bertz CT molecular complexity index is 1210. The van der Waals surface area contributed by atoms with Gasteiger partial charge in [0.2, 0.25) is 5.95 Å². The number of halogens is 2. The number of fused-ring (bicyclic) bond motifs is 1. The molecule has 10 heteroatoms. The minimum Gasteiger partial charge on any atom is -0.444 e. The summed E-state index contributed by atoms with van der Waals surface area (Å²) >= 11 is 0. The first kappa shape index (κ1) is 27.1. The zero-order chi connectivity index (χ0) is 26.5. The van der Waals surface area contributed by atoms with Gasteiger partial charge in [0.1, 0.15) is 11.4 Å². The number of hydrogen-bond donors (Lipinski definition) is 3. The van der Waals surface area contributed by atoms with Gasteiger partial charge in [-0.3, -0.25) is 0 Å². The highest BCUT2D eigenvalue weighted by molar-refractivity contribution is 5.85. The maximum absolute atomic E-state index is 14.7. The minimum absolute atomic E-state index is 0.0901. The fourth-order valence-corrected chi connectivity index (χ4v) is 3.98. The van der Waals surface area contributed by atoms with Gasteiger partial charge in [0.05, 0.1) is 16.8 Å². The third kappa shape index (κ3) is 6.37. The van der Waals surface area contributed by atoms with Crippen LogP contribution in [-0.2, 0) is 4.74 Å². The second-order valence-electron chi connectivity index (χ2n) is 9.39. The van der Waals surface area contributed by atoms with Crippen LogP contribution in [0.5, 0.6) is 0 Å². The number of nitrogens with one attached hydrogen (secondary N) is 2. The number of hydrogen-bond acceptors (Lipinski definition) is 7. The van der Waals surface area contributed by atoms with Crippen molar-refractivity contribution in [3.63, 3.8) is 0 Å². The molecule has 2 aromatic carbocycles. The van der Waals surface area contributed by atoms with Crippen molar-refractivity contribution in [1.29, 1.82) is 0 Å². The van der Waals surface area contributed by atoms with Crippen molar-refractivity contribution in [2.24, 2.45) is 0 Å². The fourth-order valence-electron chi connectivity index (χ4n) is 3.98. The molecule has 1 aromatic heterocycles. The third-order valence-corrected chi connectivity index (χ3v) is 5.71. The Kier molecular flexibility index (Phi) is 8.62. The van der Waals surface area contributed by atoms with E-state index in [1.165, 1.54) is 12.1 Å². The van der Waals surface area contributed by atoms with Crippen LogP contribution in [0.25, 0.3) is 22.0 Å². The highest BCUT2D eigenvalue weighted by Crippen LogP contribution is 2.32. The molecule has 2 heterocycles. The molecule has 4 rings (SSSR count). The summed E-state index contributed by atoms with van der Waals surface area (Å²) in [7, 11) is 2.59. The van der Waals surface area contributed by atoms with Crippen LogP contribution in [0.1, 0.15) is 33.6 Å². The summed E-state index contributed by atoms with van der Waals surface area (Å²) in [6.07, 6.45) is 2.85. The maximum Gasteiger partial charge on any atom is 0.410 e. The zero-order valence-electron chi connectivity index (χ0n) is 21.2. The van der Waals surface area contributed by atoms with Crippen molar-refractivity contribution in [2.45, 2.75) is 45.3 Å². The Labute approximate surface area is 209 Å². The molecule has 1 saturated heterocycles. The molecule has 194 valence electrons. The number of anilines is 2. The Morgan fingerprint density at radius 3 is 2.47 bits per heavy atom. The van der Waals surface area contributed by atoms with Crippen molar-refractivity contribution in [1.82, 2.24) is 14.9 Å². The number of likely N-dealkylation sites (tertiary alicyclic amines) is 1. The number of aromatic nitrogens is 2. The number of carbonyl (C=O) groups excluding carboxylic acids is 1. The van der Waals surface area contributed by atoms with Crippen LogP contribution in [-0.4, -0.2) is 65.0 Å². The van der Waals surface area contributed by atoms with Gasteiger partial charge >= 0.3 is 6.09 Å². The number of benzene rings is 2. The molecule has 1 fully saturated rings. The van der Waals surface area contributed by atoms with Gasteiger partial charge in [-0.2, -0.15) is 0 Å². The van der Waals surface area contributed by atoms with E-state index in [1.807, 2.05) is 20.8 Å². The molecule has 0 saturated carbocycles. The summed E-state index contributed by atoms with van der Waals surface area (Å²) in [6.45, 7) is 6.74. The van der Waals surface area contributed by atoms with Gasteiger partial charge in [0, 0.05) is 44.9 Å². The van der Waals surface area contributed by atoms with Crippen molar-refractivity contribution < 1.29 is 23.4 Å². The van der Waals surface area contributed by atoms with Crippen molar-refractivity contribution in [3.8, 4) is 11.1 Å². The molecule has 8 nitrogen and oxygen atoms in total. The molecule has 0 bridgehead atoms. The lowest BCUT2D eigenvalue weighted by atomic mass is 10.0. The first-order valence-electron chi connectivity index (χ1n) is 11.8. The average molecular weight is 502 g/mol. The number of aliphatic hydroxyl groups excluding tert-OH is 1. The lowest BCUT2D eigenvalue weighted by molar-refractivity contribution is 0.0210. The van der Waals surface area contributed by atoms with Gasteiger partial charge in [0.15, 0.2) is 5.82 Å². The highest BCUT2D eigenvalue weighted by Gasteiger charge is 2.27. The van der Waals surface area contributed by atoms with Gasteiger partial charge in [-0.1, -0.05) is 6.07 Å². The summed E-state index contributed by atoms with van der Waals surface area (Å²) in [4.78, 5) is 22.9. The number of ether oxygens (including phenoxy) is 1. The quantitative estimate of drug-likeness (QED) is 0.461. The van der Waals surface area contributed by atoms with Crippen LogP contribution in [0, 0.1) is 11.6 Å². The molecule has 1 aliphatic rings. The highest BCUT2D eigenvalue weighted by atomic mass is 19.1. The number of nitrogens with zero attached hydrogens (tertiary/aromatic N) is 3. The molecule has 1 aliphatic heterocycles. The SMILES string of the molecule is CNc1ccc(F)c(-c2ccc3nc(NC4CCN(C(=O)OC(C)(C)C)CC4)ncc3c2)c1F.CO. The van der Waals surface area contributed by atoms with Crippen LogP contribution in [0.15, 0.2) is 36.5 Å². The van der Waals surface area contributed by atoms with Gasteiger partial charge in [-0.15, -0.1) is 0 Å². The second-order valence-corrected chi connectivity index (χ2v) is 9.39. The number of piperidine rings is 1. The van der Waals surface area contributed by atoms with E-state index in [-0.39, 0.29) is 23.4 Å².